The maximum absolute atomic E-state index is 5.90. The van der Waals surface area contributed by atoms with Gasteiger partial charge in [-0.25, -0.2) is 4.98 Å². The lowest BCUT2D eigenvalue weighted by molar-refractivity contribution is 0.305. The molecule has 2 rings (SSSR count). The van der Waals surface area contributed by atoms with Crippen molar-refractivity contribution in [3.05, 3.63) is 58.9 Å². The van der Waals surface area contributed by atoms with Crippen LogP contribution in [0, 0.1) is 0 Å². The summed E-state index contributed by atoms with van der Waals surface area (Å²) in [6.45, 7) is 2.65. The average Bonchev–Trinajstić information content (AvgIpc) is 2.38. The Morgan fingerprint density at radius 3 is 2.47 bits per heavy atom. The van der Waals surface area contributed by atoms with E-state index in [1.165, 1.54) is 5.56 Å². The smallest absolute Gasteiger partial charge is 0.171 e. The van der Waals surface area contributed by atoms with Gasteiger partial charge in [-0.15, -0.1) is 0 Å². The van der Waals surface area contributed by atoms with E-state index in [0.717, 1.165) is 12.0 Å². The van der Waals surface area contributed by atoms with Crippen LogP contribution in [-0.4, -0.2) is 4.98 Å². The molecular formula is C14H14ClNO. The Morgan fingerprint density at radius 1 is 1.12 bits per heavy atom. The number of nitrogens with zero attached hydrogens (tertiary/aromatic N) is 1. The molecule has 0 saturated carbocycles. The van der Waals surface area contributed by atoms with Crippen molar-refractivity contribution in [2.45, 2.75) is 20.0 Å². The normalized spacial score (nSPS) is 10.2. The van der Waals surface area contributed by atoms with Gasteiger partial charge in [0.15, 0.2) is 10.9 Å². The molecule has 0 fully saturated rings. The SMILES string of the molecule is CCc1ccc(COc2cccnc2Cl)cc1. The van der Waals surface area contributed by atoms with Crippen molar-refractivity contribution in [1.82, 2.24) is 4.98 Å². The Bertz CT molecular complexity index is 482. The zero-order chi connectivity index (χ0) is 12.1. The standard InChI is InChI=1S/C14H14ClNO/c1-2-11-5-7-12(8-6-11)10-17-13-4-3-9-16-14(13)15/h3-9H,2,10H2,1H3. The second-order valence-electron chi connectivity index (χ2n) is 3.75. The summed E-state index contributed by atoms with van der Waals surface area (Å²) in [5.74, 6) is 0.619. The van der Waals surface area contributed by atoms with Gasteiger partial charge in [0.2, 0.25) is 0 Å². The lowest BCUT2D eigenvalue weighted by atomic mass is 10.1. The first-order valence-corrected chi connectivity index (χ1v) is 5.98. The van der Waals surface area contributed by atoms with Crippen LogP contribution in [0.15, 0.2) is 42.6 Å². The van der Waals surface area contributed by atoms with Crippen LogP contribution in [0.4, 0.5) is 0 Å². The van der Waals surface area contributed by atoms with Crippen molar-refractivity contribution in [3.8, 4) is 5.75 Å². The molecule has 0 saturated heterocycles. The fraction of sp³-hybridized carbons (Fsp3) is 0.214. The van der Waals surface area contributed by atoms with Gasteiger partial charge in [-0.05, 0) is 29.7 Å². The molecule has 1 heterocycles. The molecule has 88 valence electrons. The van der Waals surface area contributed by atoms with Gasteiger partial charge in [-0.2, -0.15) is 0 Å². The first-order valence-electron chi connectivity index (χ1n) is 5.60. The Morgan fingerprint density at radius 2 is 1.82 bits per heavy atom. The van der Waals surface area contributed by atoms with Gasteiger partial charge in [0.05, 0.1) is 0 Å². The van der Waals surface area contributed by atoms with E-state index in [1.54, 1.807) is 12.3 Å². The second kappa shape index (κ2) is 5.69. The van der Waals surface area contributed by atoms with Gasteiger partial charge in [-0.1, -0.05) is 42.8 Å². The predicted molar refractivity (Wildman–Crippen MR) is 69.4 cm³/mol. The monoisotopic (exact) mass is 247 g/mol. The molecule has 0 bridgehead atoms. The molecular weight excluding hydrogens is 234 g/mol. The maximum Gasteiger partial charge on any atom is 0.171 e. The number of hydrogen-bond acceptors (Lipinski definition) is 2. The van der Waals surface area contributed by atoms with Gasteiger partial charge in [0.25, 0.3) is 0 Å². The van der Waals surface area contributed by atoms with Crippen LogP contribution in [0.5, 0.6) is 5.75 Å². The third-order valence-electron chi connectivity index (χ3n) is 2.55. The van der Waals surface area contributed by atoms with Crippen molar-refractivity contribution in [2.24, 2.45) is 0 Å². The minimum atomic E-state index is 0.401. The molecule has 0 aliphatic rings. The minimum absolute atomic E-state index is 0.401. The van der Waals surface area contributed by atoms with Crippen LogP contribution in [0.1, 0.15) is 18.1 Å². The molecule has 0 aliphatic heterocycles. The van der Waals surface area contributed by atoms with E-state index in [-0.39, 0.29) is 0 Å². The zero-order valence-corrected chi connectivity index (χ0v) is 10.4. The second-order valence-corrected chi connectivity index (χ2v) is 4.11. The molecule has 0 amide bonds. The Kier molecular flexibility index (Phi) is 3.99. The molecule has 0 aliphatic carbocycles. The summed E-state index contributed by atoms with van der Waals surface area (Å²) >= 11 is 5.90. The molecule has 0 radical (unpaired) electrons. The molecule has 1 aromatic carbocycles. The number of aromatic nitrogens is 1. The summed E-state index contributed by atoms with van der Waals surface area (Å²) in [6, 6.07) is 12.0. The fourth-order valence-electron chi connectivity index (χ4n) is 1.51. The first kappa shape index (κ1) is 11.9. The highest BCUT2D eigenvalue weighted by Gasteiger charge is 2.01. The molecule has 3 heteroatoms. The Labute approximate surface area is 106 Å². The van der Waals surface area contributed by atoms with Gasteiger partial charge in [0, 0.05) is 6.20 Å². The van der Waals surface area contributed by atoms with Gasteiger partial charge in [-0.3, -0.25) is 0 Å². The molecule has 0 unspecified atom stereocenters. The topological polar surface area (TPSA) is 22.1 Å². The number of hydrogen-bond donors (Lipinski definition) is 0. The largest absolute Gasteiger partial charge is 0.486 e. The number of ether oxygens (including phenoxy) is 1. The summed E-state index contributed by atoms with van der Waals surface area (Å²) < 4.78 is 5.60. The minimum Gasteiger partial charge on any atom is -0.486 e. The summed E-state index contributed by atoms with van der Waals surface area (Å²) in [5.41, 5.74) is 2.45. The quantitative estimate of drug-likeness (QED) is 0.765. The summed E-state index contributed by atoms with van der Waals surface area (Å²) in [5, 5.41) is 0.401. The van der Waals surface area contributed by atoms with E-state index in [4.69, 9.17) is 16.3 Å². The lowest BCUT2D eigenvalue weighted by Gasteiger charge is -2.07. The van der Waals surface area contributed by atoms with Crippen LogP contribution < -0.4 is 4.74 Å². The number of halogens is 1. The Balaban J connectivity index is 2.00. The van der Waals surface area contributed by atoms with Crippen LogP contribution in [0.25, 0.3) is 0 Å². The number of rotatable bonds is 4. The molecule has 2 aromatic rings. The molecule has 0 N–H and O–H groups in total. The van der Waals surface area contributed by atoms with E-state index in [9.17, 15) is 0 Å². The van der Waals surface area contributed by atoms with Crippen molar-refractivity contribution < 1.29 is 4.74 Å². The van der Waals surface area contributed by atoms with E-state index in [1.807, 2.05) is 6.07 Å². The zero-order valence-electron chi connectivity index (χ0n) is 9.69. The van der Waals surface area contributed by atoms with E-state index < -0.39 is 0 Å². The molecule has 2 nitrogen and oxygen atoms in total. The highest BCUT2D eigenvalue weighted by atomic mass is 35.5. The van der Waals surface area contributed by atoms with Crippen LogP contribution in [-0.2, 0) is 13.0 Å². The summed E-state index contributed by atoms with van der Waals surface area (Å²) in [4.78, 5) is 3.96. The van der Waals surface area contributed by atoms with E-state index in [0.29, 0.717) is 17.5 Å². The fourth-order valence-corrected chi connectivity index (χ4v) is 1.69. The van der Waals surface area contributed by atoms with Crippen LogP contribution in [0.2, 0.25) is 5.15 Å². The van der Waals surface area contributed by atoms with Crippen molar-refractivity contribution >= 4 is 11.6 Å². The van der Waals surface area contributed by atoms with Crippen LogP contribution >= 0.6 is 11.6 Å². The lowest BCUT2D eigenvalue weighted by Crippen LogP contribution is -1.96. The third kappa shape index (κ3) is 3.21. The van der Waals surface area contributed by atoms with Crippen molar-refractivity contribution in [3.63, 3.8) is 0 Å². The van der Waals surface area contributed by atoms with Gasteiger partial charge < -0.3 is 4.74 Å². The average molecular weight is 248 g/mol. The van der Waals surface area contributed by atoms with E-state index >= 15 is 0 Å². The van der Waals surface area contributed by atoms with E-state index in [2.05, 4.69) is 36.2 Å². The third-order valence-corrected chi connectivity index (χ3v) is 2.83. The first-order chi connectivity index (χ1) is 8.29. The van der Waals surface area contributed by atoms with Crippen LogP contribution in [0.3, 0.4) is 0 Å². The number of aryl methyl sites for hydroxylation is 1. The number of pyridine rings is 1. The predicted octanol–water partition coefficient (Wildman–Crippen LogP) is 3.88. The highest BCUT2D eigenvalue weighted by Crippen LogP contribution is 2.21. The van der Waals surface area contributed by atoms with Gasteiger partial charge >= 0.3 is 0 Å². The summed E-state index contributed by atoms with van der Waals surface area (Å²) in [7, 11) is 0. The van der Waals surface area contributed by atoms with Crippen molar-refractivity contribution in [1.29, 1.82) is 0 Å². The maximum atomic E-state index is 5.90. The molecule has 0 atom stereocenters. The number of benzene rings is 1. The van der Waals surface area contributed by atoms with Crippen molar-refractivity contribution in [2.75, 3.05) is 0 Å². The molecule has 17 heavy (non-hydrogen) atoms. The highest BCUT2D eigenvalue weighted by molar-refractivity contribution is 6.30. The van der Waals surface area contributed by atoms with Gasteiger partial charge in [0.1, 0.15) is 6.61 Å². The Hall–Kier alpha value is -1.54. The molecule has 1 aromatic heterocycles. The molecule has 0 spiro atoms. The summed E-state index contributed by atoms with van der Waals surface area (Å²) in [6.07, 6.45) is 2.70.